The number of aliphatic carboxylic acids is 1. The number of aliphatic hydroxyl groups is 1. The Labute approximate surface area is 101 Å². The summed E-state index contributed by atoms with van der Waals surface area (Å²) in [6.07, 6.45) is 0.468. The Morgan fingerprint density at radius 1 is 1.47 bits per heavy atom. The first-order valence-corrected chi connectivity index (χ1v) is 5.93. The van der Waals surface area contributed by atoms with Crippen molar-refractivity contribution in [3.8, 4) is 0 Å². The van der Waals surface area contributed by atoms with E-state index in [1.807, 2.05) is 26.8 Å². The fourth-order valence-electron chi connectivity index (χ4n) is 2.87. The minimum atomic E-state index is -0.823. The number of carboxylic acid groups (broad SMARTS) is 1. The van der Waals surface area contributed by atoms with Gasteiger partial charge in [-0.3, -0.25) is 4.79 Å². The maximum absolute atomic E-state index is 10.9. The number of aliphatic hydroxyl groups excluding tert-OH is 1. The molecule has 1 aromatic carbocycles. The van der Waals surface area contributed by atoms with Crippen molar-refractivity contribution in [2.24, 2.45) is 5.92 Å². The summed E-state index contributed by atoms with van der Waals surface area (Å²) in [6, 6.07) is 2.04. The molecule has 0 bridgehead atoms. The van der Waals surface area contributed by atoms with E-state index in [2.05, 4.69) is 0 Å². The van der Waals surface area contributed by atoms with Crippen molar-refractivity contribution in [3.05, 3.63) is 33.9 Å². The van der Waals surface area contributed by atoms with Gasteiger partial charge in [0.25, 0.3) is 0 Å². The Bertz CT molecular complexity index is 477. The van der Waals surface area contributed by atoms with Gasteiger partial charge in [0.05, 0.1) is 12.5 Å². The third-order valence-electron chi connectivity index (χ3n) is 3.77. The zero-order valence-corrected chi connectivity index (χ0v) is 10.4. The summed E-state index contributed by atoms with van der Waals surface area (Å²) < 4.78 is 0. The summed E-state index contributed by atoms with van der Waals surface area (Å²) in [5, 5.41) is 19.1. The van der Waals surface area contributed by atoms with Crippen LogP contribution >= 0.6 is 0 Å². The standard InChI is InChI=1S/C14H18O3/c1-7-4-10-5-8(2)14(17)13(10)9(3)11(7)6-12(15)16/h4,8,14,17H,5-6H2,1-3H3,(H,15,16). The highest BCUT2D eigenvalue weighted by Gasteiger charge is 2.30. The Morgan fingerprint density at radius 3 is 2.71 bits per heavy atom. The highest BCUT2D eigenvalue weighted by molar-refractivity contribution is 5.72. The summed E-state index contributed by atoms with van der Waals surface area (Å²) in [5.41, 5.74) is 4.96. The van der Waals surface area contributed by atoms with Gasteiger partial charge in [0, 0.05) is 0 Å². The van der Waals surface area contributed by atoms with Gasteiger partial charge in [-0.05, 0) is 54.0 Å². The van der Waals surface area contributed by atoms with Crippen LogP contribution < -0.4 is 0 Å². The summed E-state index contributed by atoms with van der Waals surface area (Å²) in [6.45, 7) is 5.89. The van der Waals surface area contributed by atoms with Gasteiger partial charge in [-0.2, -0.15) is 0 Å². The van der Waals surface area contributed by atoms with E-state index in [1.54, 1.807) is 0 Å². The van der Waals surface area contributed by atoms with Crippen molar-refractivity contribution in [1.29, 1.82) is 0 Å². The van der Waals surface area contributed by atoms with Crippen LogP contribution in [0.1, 0.15) is 40.8 Å². The molecule has 17 heavy (non-hydrogen) atoms. The minimum absolute atomic E-state index is 0.0338. The molecule has 1 aliphatic rings. The number of fused-ring (bicyclic) bond motifs is 1. The average molecular weight is 234 g/mol. The second-order valence-corrected chi connectivity index (χ2v) is 5.07. The SMILES string of the molecule is Cc1cc2c(c(C)c1CC(=O)O)C(O)C(C)C2. The Balaban J connectivity index is 2.55. The number of hydrogen-bond donors (Lipinski definition) is 2. The molecule has 92 valence electrons. The molecule has 0 saturated carbocycles. The van der Waals surface area contributed by atoms with Gasteiger partial charge in [0.15, 0.2) is 0 Å². The van der Waals surface area contributed by atoms with E-state index in [0.29, 0.717) is 0 Å². The molecular formula is C14H18O3. The molecule has 2 atom stereocenters. The molecule has 3 heteroatoms. The van der Waals surface area contributed by atoms with Gasteiger partial charge in [-0.25, -0.2) is 0 Å². The Morgan fingerprint density at radius 2 is 2.12 bits per heavy atom. The largest absolute Gasteiger partial charge is 0.481 e. The maximum atomic E-state index is 10.9. The molecule has 0 heterocycles. The average Bonchev–Trinajstić information content (AvgIpc) is 2.49. The number of aryl methyl sites for hydroxylation is 1. The molecule has 2 rings (SSSR count). The van der Waals surface area contributed by atoms with Crippen LogP contribution in [-0.2, 0) is 17.6 Å². The maximum Gasteiger partial charge on any atom is 0.307 e. The lowest BCUT2D eigenvalue weighted by atomic mass is 9.92. The zero-order chi connectivity index (χ0) is 12.7. The molecule has 0 aromatic heterocycles. The van der Waals surface area contributed by atoms with E-state index in [9.17, 15) is 9.90 Å². The van der Waals surface area contributed by atoms with E-state index >= 15 is 0 Å². The number of carboxylic acids is 1. The van der Waals surface area contributed by atoms with E-state index in [-0.39, 0.29) is 12.3 Å². The molecule has 0 aliphatic heterocycles. The van der Waals surface area contributed by atoms with Gasteiger partial charge in [-0.15, -0.1) is 0 Å². The molecule has 3 nitrogen and oxygen atoms in total. The molecule has 2 N–H and O–H groups in total. The van der Waals surface area contributed by atoms with Crippen molar-refractivity contribution >= 4 is 5.97 Å². The first-order valence-electron chi connectivity index (χ1n) is 5.93. The van der Waals surface area contributed by atoms with Gasteiger partial charge >= 0.3 is 5.97 Å². The summed E-state index contributed by atoms with van der Waals surface area (Å²) in [7, 11) is 0. The smallest absolute Gasteiger partial charge is 0.307 e. The summed E-state index contributed by atoms with van der Waals surface area (Å²) in [5.74, 6) is -0.597. The van der Waals surface area contributed by atoms with Gasteiger partial charge in [0.2, 0.25) is 0 Å². The molecular weight excluding hydrogens is 216 g/mol. The van der Waals surface area contributed by atoms with Crippen molar-refractivity contribution < 1.29 is 15.0 Å². The van der Waals surface area contributed by atoms with Crippen molar-refractivity contribution in [2.45, 2.75) is 39.7 Å². The molecule has 2 unspecified atom stereocenters. The van der Waals surface area contributed by atoms with Crippen LogP contribution in [0.5, 0.6) is 0 Å². The second-order valence-electron chi connectivity index (χ2n) is 5.07. The summed E-state index contributed by atoms with van der Waals surface area (Å²) in [4.78, 5) is 10.9. The Hall–Kier alpha value is -1.35. The van der Waals surface area contributed by atoms with Crippen LogP contribution in [0, 0.1) is 19.8 Å². The highest BCUT2D eigenvalue weighted by atomic mass is 16.4. The molecule has 0 fully saturated rings. The number of hydrogen-bond acceptors (Lipinski definition) is 2. The van der Waals surface area contributed by atoms with Gasteiger partial charge < -0.3 is 10.2 Å². The van der Waals surface area contributed by atoms with E-state index < -0.39 is 12.1 Å². The lowest BCUT2D eigenvalue weighted by Crippen LogP contribution is -2.08. The monoisotopic (exact) mass is 234 g/mol. The van der Waals surface area contributed by atoms with Gasteiger partial charge in [-0.1, -0.05) is 13.0 Å². The first kappa shape index (κ1) is 12.1. The van der Waals surface area contributed by atoms with Crippen LogP contribution in [-0.4, -0.2) is 16.2 Å². The van der Waals surface area contributed by atoms with Crippen LogP contribution in [0.3, 0.4) is 0 Å². The quantitative estimate of drug-likeness (QED) is 0.824. The van der Waals surface area contributed by atoms with Crippen LogP contribution in [0.4, 0.5) is 0 Å². The second kappa shape index (κ2) is 4.15. The lowest BCUT2D eigenvalue weighted by Gasteiger charge is -2.16. The number of rotatable bonds is 2. The van der Waals surface area contributed by atoms with E-state index in [0.717, 1.165) is 28.7 Å². The topological polar surface area (TPSA) is 57.5 Å². The predicted molar refractivity (Wildman–Crippen MR) is 65.1 cm³/mol. The highest BCUT2D eigenvalue weighted by Crippen LogP contribution is 2.40. The predicted octanol–water partition coefficient (Wildman–Crippen LogP) is 2.16. The molecule has 0 radical (unpaired) electrons. The van der Waals surface area contributed by atoms with E-state index in [1.165, 1.54) is 5.56 Å². The van der Waals surface area contributed by atoms with Gasteiger partial charge in [0.1, 0.15) is 0 Å². The molecule has 1 aromatic rings. The summed E-state index contributed by atoms with van der Waals surface area (Å²) >= 11 is 0. The van der Waals surface area contributed by atoms with Crippen molar-refractivity contribution in [1.82, 2.24) is 0 Å². The molecule has 0 saturated heterocycles. The third kappa shape index (κ3) is 1.95. The Kier molecular flexibility index (Phi) is 2.96. The van der Waals surface area contributed by atoms with Crippen LogP contribution in [0.2, 0.25) is 0 Å². The fraction of sp³-hybridized carbons (Fsp3) is 0.500. The first-order chi connectivity index (χ1) is 7.91. The van der Waals surface area contributed by atoms with Crippen LogP contribution in [0.15, 0.2) is 6.07 Å². The lowest BCUT2D eigenvalue weighted by molar-refractivity contribution is -0.136. The van der Waals surface area contributed by atoms with E-state index in [4.69, 9.17) is 5.11 Å². The third-order valence-corrected chi connectivity index (χ3v) is 3.77. The van der Waals surface area contributed by atoms with Crippen LogP contribution in [0.25, 0.3) is 0 Å². The molecule has 0 spiro atoms. The minimum Gasteiger partial charge on any atom is -0.481 e. The number of carbonyl (C=O) groups is 1. The van der Waals surface area contributed by atoms with Crippen molar-refractivity contribution in [2.75, 3.05) is 0 Å². The van der Waals surface area contributed by atoms with Crippen molar-refractivity contribution in [3.63, 3.8) is 0 Å². The fourth-order valence-corrected chi connectivity index (χ4v) is 2.87. The molecule has 0 amide bonds. The number of benzene rings is 1. The normalized spacial score (nSPS) is 22.6. The zero-order valence-electron chi connectivity index (χ0n) is 10.4. The molecule has 1 aliphatic carbocycles.